The molecular formula is C7H10ClN3O2. The quantitative estimate of drug-likeness (QED) is 0.715. The molecule has 0 unspecified atom stereocenters. The molecule has 13 heavy (non-hydrogen) atoms. The number of aliphatic hydroxyl groups excluding tert-OH is 1. The number of aliphatic hydroxyl groups is 1. The van der Waals surface area contributed by atoms with E-state index >= 15 is 0 Å². The number of hydrogen-bond donors (Lipinski definition) is 2. The summed E-state index contributed by atoms with van der Waals surface area (Å²) in [7, 11) is 1.62. The number of carbonyl (C=O) groups is 1. The highest BCUT2D eigenvalue weighted by atomic mass is 35.5. The van der Waals surface area contributed by atoms with E-state index in [9.17, 15) is 4.79 Å². The molecule has 0 saturated carbocycles. The SMILES string of the molecule is Cn1ncc(Cl)c1C(=O)NCCO. The Morgan fingerprint density at radius 1 is 1.85 bits per heavy atom. The van der Waals surface area contributed by atoms with Crippen molar-refractivity contribution in [2.24, 2.45) is 7.05 Å². The van der Waals surface area contributed by atoms with Crippen LogP contribution in [0.15, 0.2) is 6.20 Å². The highest BCUT2D eigenvalue weighted by Crippen LogP contribution is 2.13. The lowest BCUT2D eigenvalue weighted by Crippen LogP contribution is -2.28. The largest absolute Gasteiger partial charge is 0.395 e. The maximum atomic E-state index is 11.3. The Bertz CT molecular complexity index is 291. The third-order valence-electron chi connectivity index (χ3n) is 1.51. The third kappa shape index (κ3) is 2.19. The summed E-state index contributed by atoms with van der Waals surface area (Å²) in [5, 5.41) is 15.1. The van der Waals surface area contributed by atoms with Gasteiger partial charge in [-0.25, -0.2) is 0 Å². The van der Waals surface area contributed by atoms with E-state index in [0.29, 0.717) is 10.7 Å². The first-order valence-corrected chi connectivity index (χ1v) is 4.11. The van der Waals surface area contributed by atoms with Crippen molar-refractivity contribution in [3.8, 4) is 0 Å². The molecule has 0 aromatic carbocycles. The van der Waals surface area contributed by atoms with Gasteiger partial charge in [0.2, 0.25) is 0 Å². The van der Waals surface area contributed by atoms with Crippen molar-refractivity contribution in [1.82, 2.24) is 15.1 Å². The zero-order valence-corrected chi connectivity index (χ0v) is 7.88. The number of aromatic nitrogens is 2. The molecule has 1 amide bonds. The fourth-order valence-electron chi connectivity index (χ4n) is 0.919. The number of nitrogens with zero attached hydrogens (tertiary/aromatic N) is 2. The second-order valence-electron chi connectivity index (χ2n) is 2.44. The molecule has 72 valence electrons. The summed E-state index contributed by atoms with van der Waals surface area (Å²) < 4.78 is 1.38. The Balaban J connectivity index is 2.76. The van der Waals surface area contributed by atoms with Crippen LogP contribution in [0.4, 0.5) is 0 Å². The van der Waals surface area contributed by atoms with Crippen LogP contribution < -0.4 is 5.32 Å². The molecule has 0 aliphatic carbocycles. The predicted octanol–water partition coefficient (Wildman–Crippen LogP) is -0.204. The van der Waals surface area contributed by atoms with Crippen molar-refractivity contribution in [2.45, 2.75) is 0 Å². The molecule has 0 radical (unpaired) electrons. The first kappa shape index (κ1) is 10.0. The van der Waals surface area contributed by atoms with E-state index < -0.39 is 0 Å². The van der Waals surface area contributed by atoms with Gasteiger partial charge in [-0.05, 0) is 0 Å². The van der Waals surface area contributed by atoms with E-state index in [0.717, 1.165) is 0 Å². The average Bonchev–Trinajstić information content (AvgIpc) is 2.42. The zero-order valence-electron chi connectivity index (χ0n) is 7.12. The molecule has 1 rings (SSSR count). The van der Waals surface area contributed by atoms with Crippen molar-refractivity contribution < 1.29 is 9.90 Å². The molecule has 0 bridgehead atoms. The van der Waals surface area contributed by atoms with Gasteiger partial charge >= 0.3 is 0 Å². The van der Waals surface area contributed by atoms with Crippen LogP contribution in [0.25, 0.3) is 0 Å². The molecule has 5 nitrogen and oxygen atoms in total. The van der Waals surface area contributed by atoms with E-state index in [4.69, 9.17) is 16.7 Å². The van der Waals surface area contributed by atoms with Gasteiger partial charge in [-0.2, -0.15) is 5.10 Å². The van der Waals surface area contributed by atoms with Crippen molar-refractivity contribution >= 4 is 17.5 Å². The molecule has 0 spiro atoms. The summed E-state index contributed by atoms with van der Waals surface area (Å²) in [5.74, 6) is -0.334. The lowest BCUT2D eigenvalue weighted by Gasteiger charge is -2.03. The van der Waals surface area contributed by atoms with E-state index in [1.54, 1.807) is 7.05 Å². The second-order valence-corrected chi connectivity index (χ2v) is 2.85. The number of halogens is 1. The molecule has 1 heterocycles. The van der Waals surface area contributed by atoms with E-state index in [1.807, 2.05) is 0 Å². The maximum Gasteiger partial charge on any atom is 0.271 e. The van der Waals surface area contributed by atoms with Crippen molar-refractivity contribution in [2.75, 3.05) is 13.2 Å². The van der Waals surface area contributed by atoms with E-state index in [-0.39, 0.29) is 19.1 Å². The Morgan fingerprint density at radius 2 is 2.54 bits per heavy atom. The van der Waals surface area contributed by atoms with Gasteiger partial charge in [-0.1, -0.05) is 11.6 Å². The van der Waals surface area contributed by atoms with Gasteiger partial charge in [0.15, 0.2) is 0 Å². The minimum absolute atomic E-state index is 0.0960. The zero-order chi connectivity index (χ0) is 9.84. The van der Waals surface area contributed by atoms with Crippen LogP contribution in [0.2, 0.25) is 5.02 Å². The van der Waals surface area contributed by atoms with E-state index in [2.05, 4.69) is 10.4 Å². The number of nitrogens with one attached hydrogen (secondary N) is 1. The molecule has 6 heteroatoms. The summed E-state index contributed by atoms with van der Waals surface area (Å²) in [4.78, 5) is 11.3. The fourth-order valence-corrected chi connectivity index (χ4v) is 1.17. The van der Waals surface area contributed by atoms with E-state index in [1.165, 1.54) is 10.9 Å². The summed E-state index contributed by atoms with van der Waals surface area (Å²) in [6, 6.07) is 0. The summed E-state index contributed by atoms with van der Waals surface area (Å²) >= 11 is 5.71. The molecule has 0 fully saturated rings. The lowest BCUT2D eigenvalue weighted by atomic mass is 10.4. The normalized spacial score (nSPS) is 10.1. The molecule has 0 aliphatic rings. The average molecular weight is 204 g/mol. The molecule has 0 aliphatic heterocycles. The third-order valence-corrected chi connectivity index (χ3v) is 1.78. The first-order valence-electron chi connectivity index (χ1n) is 3.73. The Morgan fingerprint density at radius 3 is 3.00 bits per heavy atom. The smallest absolute Gasteiger partial charge is 0.271 e. The number of aryl methyl sites for hydroxylation is 1. The second kappa shape index (κ2) is 4.25. The number of amides is 1. The van der Waals surface area contributed by atoms with Gasteiger partial charge in [0, 0.05) is 13.6 Å². The highest BCUT2D eigenvalue weighted by molar-refractivity contribution is 6.33. The molecule has 0 saturated heterocycles. The topological polar surface area (TPSA) is 67.2 Å². The number of carbonyl (C=O) groups excluding carboxylic acids is 1. The van der Waals surface area contributed by atoms with Crippen LogP contribution in [-0.4, -0.2) is 33.9 Å². The fraction of sp³-hybridized carbons (Fsp3) is 0.429. The molecule has 1 aromatic rings. The molecule has 1 aromatic heterocycles. The van der Waals surface area contributed by atoms with Gasteiger partial charge in [0.1, 0.15) is 5.69 Å². The van der Waals surface area contributed by atoms with Crippen LogP contribution in [0.5, 0.6) is 0 Å². The monoisotopic (exact) mass is 203 g/mol. The maximum absolute atomic E-state index is 11.3. The van der Waals surface area contributed by atoms with Crippen molar-refractivity contribution in [1.29, 1.82) is 0 Å². The highest BCUT2D eigenvalue weighted by Gasteiger charge is 2.14. The lowest BCUT2D eigenvalue weighted by molar-refractivity contribution is 0.0935. The summed E-state index contributed by atoms with van der Waals surface area (Å²) in [6.45, 7) is 0.113. The Labute approximate surface area is 80.3 Å². The minimum atomic E-state index is -0.334. The van der Waals surface area contributed by atoms with Crippen LogP contribution >= 0.6 is 11.6 Å². The molecular weight excluding hydrogens is 194 g/mol. The standard InChI is InChI=1S/C7H10ClN3O2/c1-11-6(5(8)4-10-11)7(13)9-2-3-12/h4,12H,2-3H2,1H3,(H,9,13). The first-order chi connectivity index (χ1) is 6.16. The van der Waals surface area contributed by atoms with Gasteiger partial charge in [0.25, 0.3) is 5.91 Å². The summed E-state index contributed by atoms with van der Waals surface area (Å²) in [6.07, 6.45) is 1.40. The minimum Gasteiger partial charge on any atom is -0.395 e. The van der Waals surface area contributed by atoms with Gasteiger partial charge in [0.05, 0.1) is 17.8 Å². The predicted molar refractivity (Wildman–Crippen MR) is 47.6 cm³/mol. The molecule has 0 atom stereocenters. The van der Waals surface area contributed by atoms with Gasteiger partial charge in [-0.3, -0.25) is 9.48 Å². The Hall–Kier alpha value is -1.07. The van der Waals surface area contributed by atoms with Crippen LogP contribution in [0.1, 0.15) is 10.5 Å². The van der Waals surface area contributed by atoms with Gasteiger partial charge in [-0.15, -0.1) is 0 Å². The van der Waals surface area contributed by atoms with Gasteiger partial charge < -0.3 is 10.4 Å². The molecule has 2 N–H and O–H groups in total. The number of hydrogen-bond acceptors (Lipinski definition) is 3. The number of rotatable bonds is 3. The Kier molecular flexibility index (Phi) is 3.27. The van der Waals surface area contributed by atoms with Crippen LogP contribution in [-0.2, 0) is 7.05 Å². The van der Waals surface area contributed by atoms with Crippen molar-refractivity contribution in [3.63, 3.8) is 0 Å². The van der Waals surface area contributed by atoms with Crippen molar-refractivity contribution in [3.05, 3.63) is 16.9 Å². The van der Waals surface area contributed by atoms with Crippen LogP contribution in [0, 0.1) is 0 Å². The summed E-state index contributed by atoms with van der Waals surface area (Å²) in [5.41, 5.74) is 0.301. The van der Waals surface area contributed by atoms with Crippen LogP contribution in [0.3, 0.4) is 0 Å².